The van der Waals surface area contributed by atoms with Crippen LogP contribution >= 0.6 is 11.6 Å². The van der Waals surface area contributed by atoms with Crippen LogP contribution in [0.25, 0.3) is 0 Å². The summed E-state index contributed by atoms with van der Waals surface area (Å²) in [4.78, 5) is 24.5. The largest absolute Gasteiger partial charge is 0.478 e. The number of carboxylic acid groups (broad SMARTS) is 1. The third-order valence-corrected chi connectivity index (χ3v) is 3.47. The molecule has 1 aliphatic rings. The average molecular weight is 315 g/mol. The Morgan fingerprint density at radius 1 is 1.48 bits per heavy atom. The monoisotopic (exact) mass is 314 g/mol. The maximum Gasteiger partial charge on any atom is 0.335 e. The molecule has 0 saturated carbocycles. The first kappa shape index (κ1) is 15.6. The molecule has 21 heavy (non-hydrogen) atoms. The summed E-state index contributed by atoms with van der Waals surface area (Å²) in [5, 5.41) is 20.8. The van der Waals surface area contributed by atoms with Crippen molar-refractivity contribution in [3.63, 3.8) is 0 Å². The van der Waals surface area contributed by atoms with E-state index < -0.39 is 18.0 Å². The van der Waals surface area contributed by atoms with Gasteiger partial charge in [-0.25, -0.2) is 9.59 Å². The van der Waals surface area contributed by atoms with Gasteiger partial charge in [-0.2, -0.15) is 0 Å². The van der Waals surface area contributed by atoms with Gasteiger partial charge in [0.25, 0.3) is 0 Å². The van der Waals surface area contributed by atoms with Gasteiger partial charge in [-0.3, -0.25) is 0 Å². The normalized spacial score (nSPS) is 18.4. The van der Waals surface area contributed by atoms with Crippen molar-refractivity contribution in [1.29, 1.82) is 0 Å². The van der Waals surface area contributed by atoms with Crippen LogP contribution in [-0.2, 0) is 4.74 Å². The predicted octanol–water partition coefficient (Wildman–Crippen LogP) is 1.26. The highest BCUT2D eigenvalue weighted by Crippen LogP contribution is 2.24. The number of urea groups is 1. The zero-order valence-corrected chi connectivity index (χ0v) is 11.8. The maximum absolute atomic E-state index is 12.2. The van der Waals surface area contributed by atoms with Crippen LogP contribution in [0.15, 0.2) is 18.2 Å². The van der Waals surface area contributed by atoms with Gasteiger partial charge in [0.05, 0.1) is 42.1 Å². The van der Waals surface area contributed by atoms with Gasteiger partial charge in [-0.1, -0.05) is 11.6 Å². The van der Waals surface area contributed by atoms with Crippen LogP contribution in [0.1, 0.15) is 10.4 Å². The van der Waals surface area contributed by atoms with Gasteiger partial charge in [0.15, 0.2) is 0 Å². The molecule has 0 aliphatic carbocycles. The summed E-state index contributed by atoms with van der Waals surface area (Å²) in [5.41, 5.74) is 0.354. The molecule has 1 saturated heterocycles. The highest BCUT2D eigenvalue weighted by Gasteiger charge is 2.27. The molecule has 0 spiro atoms. The molecule has 2 rings (SSSR count). The second-order valence-electron chi connectivity index (χ2n) is 4.53. The first-order chi connectivity index (χ1) is 10.0. The topological polar surface area (TPSA) is 99.1 Å². The van der Waals surface area contributed by atoms with Crippen LogP contribution in [0.2, 0.25) is 5.02 Å². The second kappa shape index (κ2) is 6.75. The zero-order valence-electron chi connectivity index (χ0n) is 11.1. The minimum absolute atomic E-state index is 0.0395. The van der Waals surface area contributed by atoms with E-state index in [0.717, 1.165) is 0 Å². The number of nitrogens with zero attached hydrogens (tertiary/aromatic N) is 1. The summed E-state index contributed by atoms with van der Waals surface area (Å²) in [6.45, 7) is 0.839. The predicted molar refractivity (Wildman–Crippen MR) is 75.8 cm³/mol. The standard InChI is InChI=1S/C13H15ClN2O5/c14-10-5-8(12(18)19)1-2-11(10)15-13(20)16-3-4-21-7-9(16)6-17/h1-2,5,9,17H,3-4,6-7H2,(H,15,20)(H,18,19). The SMILES string of the molecule is O=C(O)c1ccc(NC(=O)N2CCOCC2CO)c(Cl)c1. The van der Waals surface area contributed by atoms with Crippen molar-refractivity contribution in [2.24, 2.45) is 0 Å². The summed E-state index contributed by atoms with van der Waals surface area (Å²) in [5.74, 6) is -1.09. The fraction of sp³-hybridized carbons (Fsp3) is 0.385. The van der Waals surface area contributed by atoms with E-state index in [0.29, 0.717) is 18.8 Å². The molecule has 7 nitrogen and oxygen atoms in total. The summed E-state index contributed by atoms with van der Waals surface area (Å²) in [6, 6.07) is 3.23. The Bertz CT molecular complexity index is 551. The van der Waals surface area contributed by atoms with Crippen LogP contribution in [0.3, 0.4) is 0 Å². The van der Waals surface area contributed by atoms with Crippen LogP contribution in [-0.4, -0.2) is 59.5 Å². The number of ether oxygens (including phenoxy) is 1. The van der Waals surface area contributed by atoms with E-state index in [4.69, 9.17) is 21.4 Å². The number of hydrogen-bond donors (Lipinski definition) is 3. The number of rotatable bonds is 3. The van der Waals surface area contributed by atoms with Crippen LogP contribution in [0, 0.1) is 0 Å². The molecule has 1 unspecified atom stereocenters. The van der Waals surface area contributed by atoms with Crippen molar-refractivity contribution in [3.8, 4) is 0 Å². The third kappa shape index (κ3) is 3.63. The highest BCUT2D eigenvalue weighted by atomic mass is 35.5. The van der Waals surface area contributed by atoms with Gasteiger partial charge in [0.1, 0.15) is 0 Å². The van der Waals surface area contributed by atoms with Gasteiger partial charge in [-0.05, 0) is 18.2 Å². The summed E-state index contributed by atoms with van der Waals surface area (Å²) < 4.78 is 5.20. The van der Waals surface area contributed by atoms with Gasteiger partial charge < -0.3 is 25.2 Å². The number of aromatic carboxylic acids is 1. The van der Waals surface area contributed by atoms with Gasteiger partial charge in [0, 0.05) is 6.54 Å². The molecule has 1 heterocycles. The van der Waals surface area contributed by atoms with Gasteiger partial charge in [-0.15, -0.1) is 0 Å². The van der Waals surface area contributed by atoms with E-state index in [2.05, 4.69) is 5.32 Å². The third-order valence-electron chi connectivity index (χ3n) is 3.16. The molecule has 1 atom stereocenters. The average Bonchev–Trinajstić information content (AvgIpc) is 2.48. The zero-order chi connectivity index (χ0) is 15.4. The fourth-order valence-corrected chi connectivity index (χ4v) is 2.24. The van der Waals surface area contributed by atoms with Crippen molar-refractivity contribution >= 4 is 29.3 Å². The Morgan fingerprint density at radius 3 is 2.86 bits per heavy atom. The number of carbonyl (C=O) groups excluding carboxylic acids is 1. The number of carboxylic acids is 1. The van der Waals surface area contributed by atoms with Crippen molar-refractivity contribution < 1.29 is 24.5 Å². The lowest BCUT2D eigenvalue weighted by Crippen LogP contribution is -2.52. The summed E-state index contributed by atoms with van der Waals surface area (Å²) in [7, 11) is 0. The molecule has 8 heteroatoms. The number of carbonyl (C=O) groups is 2. The molecule has 1 fully saturated rings. The number of benzene rings is 1. The quantitative estimate of drug-likeness (QED) is 0.780. The van der Waals surface area contributed by atoms with Crippen molar-refractivity contribution in [1.82, 2.24) is 4.90 Å². The van der Waals surface area contributed by atoms with E-state index in [9.17, 15) is 14.7 Å². The number of morpholine rings is 1. The number of halogens is 1. The molecule has 1 aromatic carbocycles. The molecule has 0 aromatic heterocycles. The van der Waals surface area contributed by atoms with Crippen LogP contribution in [0.4, 0.5) is 10.5 Å². The van der Waals surface area contributed by atoms with Crippen LogP contribution in [0.5, 0.6) is 0 Å². The minimum Gasteiger partial charge on any atom is -0.478 e. The molecule has 2 amide bonds. The Labute approximate surface area is 126 Å². The Kier molecular flexibility index (Phi) is 5.00. The van der Waals surface area contributed by atoms with E-state index in [1.165, 1.54) is 23.1 Å². The molecule has 3 N–H and O–H groups in total. The fourth-order valence-electron chi connectivity index (χ4n) is 2.01. The molecular formula is C13H15ClN2O5. The van der Waals surface area contributed by atoms with Crippen molar-refractivity contribution in [2.75, 3.05) is 31.7 Å². The van der Waals surface area contributed by atoms with E-state index in [1.807, 2.05) is 0 Å². The molecule has 0 radical (unpaired) electrons. The number of anilines is 1. The smallest absolute Gasteiger partial charge is 0.335 e. The van der Waals surface area contributed by atoms with E-state index >= 15 is 0 Å². The Hall–Kier alpha value is -1.83. The molecule has 1 aromatic rings. The Balaban J connectivity index is 2.10. The minimum atomic E-state index is -1.09. The van der Waals surface area contributed by atoms with Crippen molar-refractivity contribution in [3.05, 3.63) is 28.8 Å². The lowest BCUT2D eigenvalue weighted by atomic mass is 10.2. The molecule has 1 aliphatic heterocycles. The summed E-state index contributed by atoms with van der Waals surface area (Å²) in [6.07, 6.45) is 0. The van der Waals surface area contributed by atoms with Gasteiger partial charge >= 0.3 is 12.0 Å². The lowest BCUT2D eigenvalue weighted by molar-refractivity contribution is -0.00485. The Morgan fingerprint density at radius 2 is 2.24 bits per heavy atom. The van der Waals surface area contributed by atoms with E-state index in [1.54, 1.807) is 0 Å². The lowest BCUT2D eigenvalue weighted by Gasteiger charge is -2.34. The van der Waals surface area contributed by atoms with E-state index in [-0.39, 0.29) is 23.8 Å². The van der Waals surface area contributed by atoms with Crippen LogP contribution < -0.4 is 5.32 Å². The first-order valence-corrected chi connectivity index (χ1v) is 6.69. The first-order valence-electron chi connectivity index (χ1n) is 6.32. The van der Waals surface area contributed by atoms with Crippen molar-refractivity contribution in [2.45, 2.75) is 6.04 Å². The number of aliphatic hydroxyl groups is 1. The number of aliphatic hydroxyl groups excluding tert-OH is 1. The number of nitrogens with one attached hydrogen (secondary N) is 1. The second-order valence-corrected chi connectivity index (χ2v) is 4.94. The molecular weight excluding hydrogens is 300 g/mol. The molecule has 0 bridgehead atoms. The maximum atomic E-state index is 12.2. The summed E-state index contributed by atoms with van der Waals surface area (Å²) >= 11 is 5.96. The highest BCUT2D eigenvalue weighted by molar-refractivity contribution is 6.34. The van der Waals surface area contributed by atoms with Gasteiger partial charge in [0.2, 0.25) is 0 Å². The number of hydrogen-bond acceptors (Lipinski definition) is 4. The number of amides is 2. The molecule has 114 valence electrons.